The largest absolute Gasteiger partial charge is 0.453 e. The number of alkyl carbamates (subject to hydrolysis) is 1. The average molecular weight is 385 g/mol. The van der Waals surface area contributed by atoms with Crippen LogP contribution >= 0.6 is 0 Å². The molecule has 3 fully saturated rings. The SMILES string of the molecule is COC(=O)NC1CC(C(=O)N2CC3(CCC(c4ccc(C(C)C)cc4)C3)C2)C1. The minimum Gasteiger partial charge on any atom is -0.453 e. The quantitative estimate of drug-likeness (QED) is 0.852. The zero-order valence-electron chi connectivity index (χ0n) is 17.2. The van der Waals surface area contributed by atoms with Crippen molar-refractivity contribution in [1.82, 2.24) is 10.2 Å². The predicted molar refractivity (Wildman–Crippen MR) is 108 cm³/mol. The molecule has 3 aliphatic rings. The molecule has 0 aromatic heterocycles. The first-order valence-corrected chi connectivity index (χ1v) is 10.6. The lowest BCUT2D eigenvalue weighted by Gasteiger charge is -2.51. The summed E-state index contributed by atoms with van der Waals surface area (Å²) in [5.41, 5.74) is 3.20. The Morgan fingerprint density at radius 3 is 2.46 bits per heavy atom. The topological polar surface area (TPSA) is 58.6 Å². The molecule has 28 heavy (non-hydrogen) atoms. The van der Waals surface area contributed by atoms with Crippen molar-refractivity contribution in [1.29, 1.82) is 0 Å². The van der Waals surface area contributed by atoms with Crippen LogP contribution in [0.1, 0.15) is 68.9 Å². The number of rotatable bonds is 4. The van der Waals surface area contributed by atoms with Gasteiger partial charge < -0.3 is 15.0 Å². The fraction of sp³-hybridized carbons (Fsp3) is 0.652. The van der Waals surface area contributed by atoms with Gasteiger partial charge in [-0.3, -0.25) is 4.79 Å². The Bertz CT molecular complexity index is 731. The van der Waals surface area contributed by atoms with Gasteiger partial charge in [-0.15, -0.1) is 0 Å². The molecule has 1 heterocycles. The first kappa shape index (κ1) is 19.3. The second-order valence-electron chi connectivity index (χ2n) is 9.46. The van der Waals surface area contributed by atoms with Gasteiger partial charge in [0.25, 0.3) is 0 Å². The molecular weight excluding hydrogens is 352 g/mol. The van der Waals surface area contributed by atoms with Crippen LogP contribution < -0.4 is 5.32 Å². The van der Waals surface area contributed by atoms with Gasteiger partial charge in [-0.25, -0.2) is 4.79 Å². The summed E-state index contributed by atoms with van der Waals surface area (Å²) >= 11 is 0. The summed E-state index contributed by atoms with van der Waals surface area (Å²) in [6.07, 6.45) is 4.74. The van der Waals surface area contributed by atoms with Crippen molar-refractivity contribution in [2.24, 2.45) is 11.3 Å². The second-order valence-corrected chi connectivity index (χ2v) is 9.46. The molecule has 2 saturated carbocycles. The molecule has 1 saturated heterocycles. The Labute approximate surface area is 167 Å². The molecule has 5 heteroatoms. The Morgan fingerprint density at radius 2 is 1.86 bits per heavy atom. The van der Waals surface area contributed by atoms with Crippen LogP contribution in [-0.4, -0.2) is 43.1 Å². The van der Waals surface area contributed by atoms with Crippen molar-refractivity contribution in [3.8, 4) is 0 Å². The maximum absolute atomic E-state index is 12.7. The zero-order chi connectivity index (χ0) is 19.9. The highest BCUT2D eigenvalue weighted by Gasteiger charge is 2.51. The molecule has 1 unspecified atom stereocenters. The molecule has 1 atom stereocenters. The number of benzene rings is 1. The van der Waals surface area contributed by atoms with Gasteiger partial charge in [-0.05, 0) is 55.1 Å². The highest BCUT2D eigenvalue weighted by molar-refractivity contribution is 5.81. The summed E-state index contributed by atoms with van der Waals surface area (Å²) in [5.74, 6) is 1.55. The monoisotopic (exact) mass is 384 g/mol. The Kier molecular flexibility index (Phi) is 5.11. The van der Waals surface area contributed by atoms with E-state index in [0.717, 1.165) is 25.9 Å². The van der Waals surface area contributed by atoms with Gasteiger partial charge in [0.05, 0.1) is 7.11 Å². The van der Waals surface area contributed by atoms with Gasteiger partial charge in [-0.1, -0.05) is 38.1 Å². The van der Waals surface area contributed by atoms with Crippen LogP contribution in [-0.2, 0) is 9.53 Å². The average Bonchev–Trinajstić information content (AvgIpc) is 3.08. The van der Waals surface area contributed by atoms with E-state index in [1.165, 1.54) is 37.5 Å². The molecular formula is C23H32N2O3. The number of hydrogen-bond acceptors (Lipinski definition) is 3. The number of amides is 2. The van der Waals surface area contributed by atoms with Crippen molar-refractivity contribution in [3.05, 3.63) is 35.4 Å². The summed E-state index contributed by atoms with van der Waals surface area (Å²) in [4.78, 5) is 26.0. The summed E-state index contributed by atoms with van der Waals surface area (Å²) in [6, 6.07) is 9.25. The third kappa shape index (κ3) is 3.63. The summed E-state index contributed by atoms with van der Waals surface area (Å²) in [6.45, 7) is 6.29. The van der Waals surface area contributed by atoms with Crippen molar-refractivity contribution in [3.63, 3.8) is 0 Å². The third-order valence-corrected chi connectivity index (χ3v) is 7.14. The van der Waals surface area contributed by atoms with E-state index in [1.807, 2.05) is 4.90 Å². The fourth-order valence-corrected chi connectivity index (χ4v) is 5.27. The van der Waals surface area contributed by atoms with Crippen LogP contribution in [0.3, 0.4) is 0 Å². The van der Waals surface area contributed by atoms with Crippen LogP contribution in [0, 0.1) is 11.3 Å². The number of methoxy groups -OCH3 is 1. The first-order valence-electron chi connectivity index (χ1n) is 10.6. The van der Waals surface area contributed by atoms with E-state index in [4.69, 9.17) is 0 Å². The standard InChI is InChI=1S/C23H32N2O3/c1-15(2)16-4-6-17(7-5-16)18-8-9-23(12-18)13-25(14-23)21(26)19-10-20(11-19)24-22(27)28-3/h4-7,15,18-20H,8-14H2,1-3H3,(H,24,27). The predicted octanol–water partition coefficient (Wildman–Crippen LogP) is 4.04. The van der Waals surface area contributed by atoms with Gasteiger partial charge in [0.2, 0.25) is 5.91 Å². The van der Waals surface area contributed by atoms with E-state index >= 15 is 0 Å². The van der Waals surface area contributed by atoms with Gasteiger partial charge in [0.1, 0.15) is 0 Å². The normalized spacial score (nSPS) is 28.0. The Hall–Kier alpha value is -2.04. The summed E-state index contributed by atoms with van der Waals surface area (Å²) in [7, 11) is 1.36. The molecule has 4 rings (SSSR count). The number of ether oxygens (including phenoxy) is 1. The lowest BCUT2D eigenvalue weighted by atomic mass is 9.73. The molecule has 1 aromatic rings. The Morgan fingerprint density at radius 1 is 1.18 bits per heavy atom. The molecule has 1 aromatic carbocycles. The summed E-state index contributed by atoms with van der Waals surface area (Å²) < 4.78 is 4.61. The highest BCUT2D eigenvalue weighted by atomic mass is 16.5. The van der Waals surface area contributed by atoms with E-state index in [0.29, 0.717) is 17.3 Å². The molecule has 1 aliphatic heterocycles. The minimum atomic E-state index is -0.405. The minimum absolute atomic E-state index is 0.0697. The molecule has 0 radical (unpaired) electrons. The first-order chi connectivity index (χ1) is 13.4. The van der Waals surface area contributed by atoms with E-state index in [2.05, 4.69) is 48.2 Å². The third-order valence-electron chi connectivity index (χ3n) is 7.14. The van der Waals surface area contributed by atoms with Crippen molar-refractivity contribution < 1.29 is 14.3 Å². The van der Waals surface area contributed by atoms with Gasteiger partial charge in [-0.2, -0.15) is 0 Å². The van der Waals surface area contributed by atoms with E-state index < -0.39 is 6.09 Å². The summed E-state index contributed by atoms with van der Waals surface area (Å²) in [5, 5.41) is 2.78. The highest BCUT2D eigenvalue weighted by Crippen LogP contribution is 2.52. The number of carbonyl (C=O) groups excluding carboxylic acids is 2. The Balaban J connectivity index is 1.25. The van der Waals surface area contributed by atoms with Gasteiger partial charge >= 0.3 is 6.09 Å². The van der Waals surface area contributed by atoms with Crippen LogP contribution in [0.15, 0.2) is 24.3 Å². The molecule has 152 valence electrons. The lowest BCUT2D eigenvalue weighted by molar-refractivity contribution is -0.151. The molecule has 0 bridgehead atoms. The maximum Gasteiger partial charge on any atom is 0.407 e. The lowest BCUT2D eigenvalue weighted by Crippen LogP contribution is -2.61. The van der Waals surface area contributed by atoms with Gasteiger partial charge in [0, 0.05) is 30.5 Å². The molecule has 2 amide bonds. The van der Waals surface area contributed by atoms with Crippen molar-refractivity contribution >= 4 is 12.0 Å². The van der Waals surface area contributed by atoms with Crippen molar-refractivity contribution in [2.75, 3.05) is 20.2 Å². The van der Waals surface area contributed by atoms with Crippen LogP contribution in [0.4, 0.5) is 4.79 Å². The molecule has 2 aliphatic carbocycles. The van der Waals surface area contributed by atoms with Crippen LogP contribution in [0.25, 0.3) is 0 Å². The molecule has 5 nitrogen and oxygen atoms in total. The maximum atomic E-state index is 12.7. The second kappa shape index (κ2) is 7.41. The van der Waals surface area contributed by atoms with Crippen LogP contribution in [0.5, 0.6) is 0 Å². The fourth-order valence-electron chi connectivity index (χ4n) is 5.27. The van der Waals surface area contributed by atoms with Crippen molar-refractivity contribution in [2.45, 2.75) is 63.8 Å². The van der Waals surface area contributed by atoms with Crippen LogP contribution in [0.2, 0.25) is 0 Å². The number of nitrogens with one attached hydrogen (secondary N) is 1. The number of carbonyl (C=O) groups is 2. The van der Waals surface area contributed by atoms with E-state index in [-0.39, 0.29) is 17.9 Å². The number of likely N-dealkylation sites (tertiary alicyclic amines) is 1. The molecule has 1 spiro atoms. The van der Waals surface area contributed by atoms with E-state index in [9.17, 15) is 9.59 Å². The number of nitrogens with zero attached hydrogens (tertiary/aromatic N) is 1. The number of hydrogen-bond donors (Lipinski definition) is 1. The van der Waals surface area contributed by atoms with E-state index in [1.54, 1.807) is 0 Å². The van der Waals surface area contributed by atoms with Gasteiger partial charge in [0.15, 0.2) is 0 Å². The zero-order valence-corrected chi connectivity index (χ0v) is 17.2. The molecule has 1 N–H and O–H groups in total. The smallest absolute Gasteiger partial charge is 0.407 e.